The van der Waals surface area contributed by atoms with Crippen LogP contribution in [0.4, 0.5) is 15.8 Å². The number of carbonyl (C=O) groups excluding carboxylic acids is 2. The minimum atomic E-state index is -1.05. The third-order valence-electron chi connectivity index (χ3n) is 6.73. The predicted octanol–water partition coefficient (Wildman–Crippen LogP) is 3.28. The summed E-state index contributed by atoms with van der Waals surface area (Å²) in [6.07, 6.45) is 0.732. The van der Waals surface area contributed by atoms with Gasteiger partial charge in [-0.2, -0.15) is 0 Å². The number of halogens is 1. The molecule has 164 valence electrons. The fourth-order valence-electron chi connectivity index (χ4n) is 5.04. The zero-order valence-electron chi connectivity index (χ0n) is 18.2. The van der Waals surface area contributed by atoms with Crippen molar-refractivity contribution in [2.75, 3.05) is 37.3 Å². The number of amides is 2. The van der Waals surface area contributed by atoms with Gasteiger partial charge in [0.25, 0.3) is 0 Å². The van der Waals surface area contributed by atoms with Crippen LogP contribution in [0.5, 0.6) is 0 Å². The number of fused-ring (bicyclic) bond motifs is 1. The monoisotopic (exact) mass is 424 g/mol. The second-order valence-electron chi connectivity index (χ2n) is 8.41. The molecular weight excluding hydrogens is 395 g/mol. The molecule has 6 nitrogen and oxygen atoms in total. The van der Waals surface area contributed by atoms with Crippen LogP contribution in [-0.4, -0.2) is 43.4 Å². The summed E-state index contributed by atoms with van der Waals surface area (Å²) in [7, 11) is 1.64. The van der Waals surface area contributed by atoms with E-state index >= 15 is 0 Å². The van der Waals surface area contributed by atoms with Crippen LogP contribution >= 0.6 is 0 Å². The molecule has 2 aromatic rings. The second-order valence-corrected chi connectivity index (χ2v) is 8.41. The average molecular weight is 425 g/mol. The number of hydrogen-bond donors (Lipinski definition) is 3. The highest BCUT2D eigenvalue weighted by molar-refractivity contribution is 6.08. The van der Waals surface area contributed by atoms with E-state index in [1.807, 2.05) is 49.1 Å². The van der Waals surface area contributed by atoms with Crippen LogP contribution in [0.2, 0.25) is 0 Å². The van der Waals surface area contributed by atoms with Gasteiger partial charge < -0.3 is 16.0 Å². The van der Waals surface area contributed by atoms with Crippen LogP contribution in [0.3, 0.4) is 0 Å². The predicted molar refractivity (Wildman–Crippen MR) is 119 cm³/mol. The van der Waals surface area contributed by atoms with E-state index in [0.29, 0.717) is 36.6 Å². The quantitative estimate of drug-likeness (QED) is 0.689. The summed E-state index contributed by atoms with van der Waals surface area (Å²) in [6, 6.07) is 12.9. The van der Waals surface area contributed by atoms with Crippen LogP contribution in [0.15, 0.2) is 42.5 Å². The lowest BCUT2D eigenvalue weighted by molar-refractivity contribution is -0.134. The Bertz CT molecular complexity index is 997. The molecule has 4 rings (SSSR count). The van der Waals surface area contributed by atoms with Crippen LogP contribution in [-0.2, 0) is 15.1 Å². The molecule has 0 spiro atoms. The molecule has 0 radical (unpaired) electrons. The third kappa shape index (κ3) is 3.57. The molecule has 2 aliphatic heterocycles. The number of carbonyl (C=O) groups is 2. The van der Waals surface area contributed by atoms with Crippen molar-refractivity contribution in [2.45, 2.75) is 31.7 Å². The van der Waals surface area contributed by atoms with E-state index in [4.69, 9.17) is 0 Å². The molecule has 2 amide bonds. The van der Waals surface area contributed by atoms with Crippen LogP contribution < -0.4 is 16.0 Å². The highest BCUT2D eigenvalue weighted by atomic mass is 19.1. The molecule has 31 heavy (non-hydrogen) atoms. The molecule has 0 saturated carbocycles. The normalized spacial score (nSPS) is 25.6. The molecule has 2 heterocycles. The van der Waals surface area contributed by atoms with E-state index < -0.39 is 5.54 Å². The minimum Gasteiger partial charge on any atom is -0.384 e. The Hall–Kier alpha value is -2.93. The molecule has 1 fully saturated rings. The lowest BCUT2D eigenvalue weighted by Gasteiger charge is -2.44. The standard InChI is InChI=1S/C24H29FN4O2/c1-4-27-20-13-16(25)12-19-21(20)28-23(31)24(19,2)29-11-10-17(15-8-6-5-7-9-15)18(14-29)22(30)26-3/h5-9,12-13,17-18,27H,4,10-11,14H2,1-3H3,(H,26,30)(H,28,31)/t17?,18?,24-/m0/s1. The van der Waals surface area contributed by atoms with Gasteiger partial charge in [0.2, 0.25) is 11.8 Å². The SMILES string of the molecule is CCNc1cc(F)cc2c1NC(=O)[C@@]2(C)N1CCC(c2ccccc2)C(C(=O)NC)C1. The van der Waals surface area contributed by atoms with Gasteiger partial charge in [-0.25, -0.2) is 4.39 Å². The Morgan fingerprint density at radius 2 is 2.03 bits per heavy atom. The fourth-order valence-corrected chi connectivity index (χ4v) is 5.04. The van der Waals surface area contributed by atoms with E-state index in [0.717, 1.165) is 12.0 Å². The molecule has 0 bridgehead atoms. The Morgan fingerprint density at radius 3 is 2.71 bits per heavy atom. The number of anilines is 2. The number of benzene rings is 2. The highest BCUT2D eigenvalue weighted by Gasteiger charge is 2.51. The molecule has 2 unspecified atom stereocenters. The zero-order chi connectivity index (χ0) is 22.2. The van der Waals surface area contributed by atoms with Gasteiger partial charge in [0.1, 0.15) is 11.4 Å². The molecule has 2 aromatic carbocycles. The van der Waals surface area contributed by atoms with Crippen molar-refractivity contribution in [1.29, 1.82) is 0 Å². The van der Waals surface area contributed by atoms with Crippen molar-refractivity contribution >= 4 is 23.2 Å². The van der Waals surface area contributed by atoms with Crippen LogP contribution in [0.25, 0.3) is 0 Å². The zero-order valence-corrected chi connectivity index (χ0v) is 18.2. The average Bonchev–Trinajstić information content (AvgIpc) is 3.05. The first-order valence-electron chi connectivity index (χ1n) is 10.8. The summed E-state index contributed by atoms with van der Waals surface area (Å²) < 4.78 is 14.5. The minimum absolute atomic E-state index is 0.0478. The van der Waals surface area contributed by atoms with Gasteiger partial charge in [-0.15, -0.1) is 0 Å². The number of piperidine rings is 1. The smallest absolute Gasteiger partial charge is 0.249 e. The maximum Gasteiger partial charge on any atom is 0.249 e. The Balaban J connectivity index is 1.71. The van der Waals surface area contributed by atoms with E-state index in [-0.39, 0.29) is 29.5 Å². The summed E-state index contributed by atoms with van der Waals surface area (Å²) in [6.45, 7) is 5.41. The first-order valence-corrected chi connectivity index (χ1v) is 10.8. The maximum absolute atomic E-state index is 14.5. The van der Waals surface area contributed by atoms with Crippen molar-refractivity contribution < 1.29 is 14.0 Å². The van der Waals surface area contributed by atoms with Crippen molar-refractivity contribution in [3.63, 3.8) is 0 Å². The van der Waals surface area contributed by atoms with E-state index in [1.165, 1.54) is 12.1 Å². The molecule has 0 aromatic heterocycles. The van der Waals surface area contributed by atoms with E-state index in [2.05, 4.69) is 16.0 Å². The molecule has 1 saturated heterocycles. The third-order valence-corrected chi connectivity index (χ3v) is 6.73. The van der Waals surface area contributed by atoms with Crippen molar-refractivity contribution in [1.82, 2.24) is 10.2 Å². The molecule has 7 heteroatoms. The lowest BCUT2D eigenvalue weighted by Crippen LogP contribution is -2.56. The van der Waals surface area contributed by atoms with Gasteiger partial charge in [0.05, 0.1) is 17.3 Å². The molecular formula is C24H29FN4O2. The maximum atomic E-state index is 14.5. The first-order chi connectivity index (χ1) is 14.9. The van der Waals surface area contributed by atoms with Crippen molar-refractivity contribution in [2.24, 2.45) is 5.92 Å². The second kappa shape index (κ2) is 8.30. The Morgan fingerprint density at radius 1 is 1.29 bits per heavy atom. The topological polar surface area (TPSA) is 73.5 Å². The molecule has 3 atom stereocenters. The summed E-state index contributed by atoms with van der Waals surface area (Å²) in [5, 5.41) is 8.88. The number of rotatable bonds is 5. The fraction of sp³-hybridized carbons (Fsp3) is 0.417. The largest absolute Gasteiger partial charge is 0.384 e. The summed E-state index contributed by atoms with van der Waals surface area (Å²) >= 11 is 0. The highest BCUT2D eigenvalue weighted by Crippen LogP contribution is 2.47. The van der Waals surface area contributed by atoms with Gasteiger partial charge in [0.15, 0.2) is 0 Å². The summed E-state index contributed by atoms with van der Waals surface area (Å²) in [5.41, 5.74) is 1.89. The Labute approximate surface area is 182 Å². The number of likely N-dealkylation sites (tertiary alicyclic amines) is 1. The lowest BCUT2D eigenvalue weighted by atomic mass is 9.77. The van der Waals surface area contributed by atoms with E-state index in [9.17, 15) is 14.0 Å². The van der Waals surface area contributed by atoms with Crippen LogP contribution in [0.1, 0.15) is 37.3 Å². The van der Waals surface area contributed by atoms with Gasteiger partial charge in [-0.3, -0.25) is 14.5 Å². The van der Waals surface area contributed by atoms with Gasteiger partial charge >= 0.3 is 0 Å². The van der Waals surface area contributed by atoms with Crippen molar-refractivity contribution in [3.05, 3.63) is 59.4 Å². The summed E-state index contributed by atoms with van der Waals surface area (Å²) in [4.78, 5) is 28.1. The van der Waals surface area contributed by atoms with Gasteiger partial charge in [0, 0.05) is 32.2 Å². The number of nitrogens with zero attached hydrogens (tertiary/aromatic N) is 1. The van der Waals surface area contributed by atoms with E-state index in [1.54, 1.807) is 7.05 Å². The molecule has 2 aliphatic rings. The number of nitrogens with one attached hydrogen (secondary N) is 3. The first kappa shape index (κ1) is 21.3. The summed E-state index contributed by atoms with van der Waals surface area (Å²) in [5.74, 6) is -0.875. The van der Waals surface area contributed by atoms with Crippen molar-refractivity contribution in [3.8, 4) is 0 Å². The Kier molecular flexibility index (Phi) is 5.71. The van der Waals surface area contributed by atoms with Crippen LogP contribution in [0, 0.1) is 11.7 Å². The number of hydrogen-bond acceptors (Lipinski definition) is 4. The molecule has 0 aliphatic carbocycles. The van der Waals surface area contributed by atoms with Gasteiger partial charge in [-0.05, 0) is 43.9 Å². The van der Waals surface area contributed by atoms with Gasteiger partial charge in [-0.1, -0.05) is 30.3 Å². The molecule has 3 N–H and O–H groups in total.